The number of phenolic OH excluding ortho intramolecular Hbond substituents is 1. The van der Waals surface area contributed by atoms with Crippen molar-refractivity contribution >= 4 is 22.7 Å². The van der Waals surface area contributed by atoms with Crippen LogP contribution in [0.5, 0.6) is 5.75 Å². The first-order valence-electron chi connectivity index (χ1n) is 6.76. The summed E-state index contributed by atoms with van der Waals surface area (Å²) in [5.41, 5.74) is 0.752. The van der Waals surface area contributed by atoms with E-state index in [1.807, 2.05) is 6.07 Å². The molecule has 1 saturated heterocycles. The van der Waals surface area contributed by atoms with Crippen LogP contribution in [0, 0.1) is 0 Å². The van der Waals surface area contributed by atoms with Gasteiger partial charge in [0.15, 0.2) is 0 Å². The summed E-state index contributed by atoms with van der Waals surface area (Å²) in [6, 6.07) is 5.15. The number of methoxy groups -OCH3 is 1. The third-order valence-electron chi connectivity index (χ3n) is 3.41. The maximum Gasteiger partial charge on any atom is 0.227 e. The van der Waals surface area contributed by atoms with Crippen molar-refractivity contribution in [2.75, 3.05) is 43.6 Å². The fourth-order valence-electron chi connectivity index (χ4n) is 2.17. The molecular formula is C14H18N4O2. The third-order valence-corrected chi connectivity index (χ3v) is 3.41. The van der Waals surface area contributed by atoms with Crippen molar-refractivity contribution in [3.63, 3.8) is 0 Å². The van der Waals surface area contributed by atoms with Gasteiger partial charge in [0, 0.05) is 38.2 Å². The van der Waals surface area contributed by atoms with Gasteiger partial charge in [0.2, 0.25) is 5.95 Å². The van der Waals surface area contributed by atoms with E-state index < -0.39 is 0 Å². The van der Waals surface area contributed by atoms with Crippen molar-refractivity contribution in [1.29, 1.82) is 0 Å². The van der Waals surface area contributed by atoms with E-state index in [0.717, 1.165) is 29.8 Å². The average Bonchev–Trinajstić information content (AvgIpc) is 2.36. The van der Waals surface area contributed by atoms with Crippen molar-refractivity contribution in [2.24, 2.45) is 0 Å². The SMILES string of the molecule is COCCNc1nc(N2CCC2)nc2cc(O)ccc12. The Labute approximate surface area is 117 Å². The summed E-state index contributed by atoms with van der Waals surface area (Å²) in [7, 11) is 1.67. The molecule has 1 fully saturated rings. The molecule has 6 nitrogen and oxygen atoms in total. The zero-order valence-corrected chi connectivity index (χ0v) is 11.5. The minimum Gasteiger partial charge on any atom is -0.508 e. The molecule has 2 N–H and O–H groups in total. The molecule has 0 aliphatic carbocycles. The summed E-state index contributed by atoms with van der Waals surface area (Å²) >= 11 is 0. The highest BCUT2D eigenvalue weighted by atomic mass is 16.5. The average molecular weight is 274 g/mol. The topological polar surface area (TPSA) is 70.5 Å². The standard InChI is InChI=1S/C14H18N4O2/c1-20-8-5-15-13-11-4-3-10(19)9-12(11)16-14(17-13)18-6-2-7-18/h3-4,9,19H,2,5-8H2,1H3,(H,15,16,17). The van der Waals surface area contributed by atoms with Crippen molar-refractivity contribution in [2.45, 2.75) is 6.42 Å². The first-order chi connectivity index (χ1) is 9.78. The Balaban J connectivity index is 1.99. The number of hydrogen-bond acceptors (Lipinski definition) is 6. The molecule has 1 aliphatic rings. The van der Waals surface area contributed by atoms with Gasteiger partial charge in [0.25, 0.3) is 0 Å². The highest BCUT2D eigenvalue weighted by molar-refractivity contribution is 5.91. The smallest absolute Gasteiger partial charge is 0.227 e. The molecule has 0 spiro atoms. The fourth-order valence-corrected chi connectivity index (χ4v) is 2.17. The van der Waals surface area contributed by atoms with Crippen LogP contribution in [-0.2, 0) is 4.74 Å². The number of rotatable bonds is 5. The van der Waals surface area contributed by atoms with E-state index in [1.54, 1.807) is 19.2 Å². The second-order valence-electron chi connectivity index (χ2n) is 4.83. The first kappa shape index (κ1) is 12.9. The molecule has 0 radical (unpaired) electrons. The number of ether oxygens (including phenoxy) is 1. The Morgan fingerprint density at radius 2 is 2.20 bits per heavy atom. The van der Waals surface area contributed by atoms with E-state index in [9.17, 15) is 5.11 Å². The molecule has 1 aliphatic heterocycles. The number of nitrogens with one attached hydrogen (secondary N) is 1. The Morgan fingerprint density at radius 3 is 2.90 bits per heavy atom. The van der Waals surface area contributed by atoms with Gasteiger partial charge in [-0.3, -0.25) is 0 Å². The van der Waals surface area contributed by atoms with Gasteiger partial charge in [-0.25, -0.2) is 4.98 Å². The van der Waals surface area contributed by atoms with Gasteiger partial charge in [-0.05, 0) is 18.6 Å². The molecule has 3 rings (SSSR count). The molecule has 20 heavy (non-hydrogen) atoms. The molecule has 6 heteroatoms. The molecule has 106 valence electrons. The molecule has 2 heterocycles. The van der Waals surface area contributed by atoms with Crippen LogP contribution in [-0.4, -0.2) is 48.4 Å². The summed E-state index contributed by atoms with van der Waals surface area (Å²) in [5, 5.41) is 13.8. The van der Waals surface area contributed by atoms with Gasteiger partial charge in [0.1, 0.15) is 11.6 Å². The number of hydrogen-bond donors (Lipinski definition) is 2. The number of phenols is 1. The Morgan fingerprint density at radius 1 is 1.35 bits per heavy atom. The van der Waals surface area contributed by atoms with Crippen LogP contribution < -0.4 is 10.2 Å². The summed E-state index contributed by atoms with van der Waals surface area (Å²) in [5.74, 6) is 1.72. The fraction of sp³-hybridized carbons (Fsp3) is 0.429. The lowest BCUT2D eigenvalue weighted by Crippen LogP contribution is -2.38. The van der Waals surface area contributed by atoms with Gasteiger partial charge in [0.05, 0.1) is 12.1 Å². The Bertz CT molecular complexity index is 613. The normalized spacial score (nSPS) is 14.3. The molecule has 2 aromatic rings. The number of aromatic hydroxyl groups is 1. The summed E-state index contributed by atoms with van der Waals surface area (Å²) in [6.07, 6.45) is 1.17. The predicted molar refractivity (Wildman–Crippen MR) is 78.4 cm³/mol. The number of fused-ring (bicyclic) bond motifs is 1. The summed E-state index contributed by atoms with van der Waals surface area (Å²) in [6.45, 7) is 3.27. The van der Waals surface area contributed by atoms with E-state index >= 15 is 0 Å². The highest BCUT2D eigenvalue weighted by Crippen LogP contribution is 2.27. The molecule has 0 saturated carbocycles. The van der Waals surface area contributed by atoms with Crippen LogP contribution >= 0.6 is 0 Å². The van der Waals surface area contributed by atoms with Crippen LogP contribution in [0.2, 0.25) is 0 Å². The zero-order valence-electron chi connectivity index (χ0n) is 11.5. The minimum atomic E-state index is 0.216. The van der Waals surface area contributed by atoms with E-state index in [1.165, 1.54) is 6.42 Å². The predicted octanol–water partition coefficient (Wildman–Crippen LogP) is 1.60. The lowest BCUT2D eigenvalue weighted by molar-refractivity contribution is 0.210. The van der Waals surface area contributed by atoms with Crippen LogP contribution in [0.15, 0.2) is 18.2 Å². The lowest BCUT2D eigenvalue weighted by atomic mass is 10.2. The largest absolute Gasteiger partial charge is 0.508 e. The number of aromatic nitrogens is 2. The van der Waals surface area contributed by atoms with E-state index in [0.29, 0.717) is 19.1 Å². The van der Waals surface area contributed by atoms with Crippen molar-refractivity contribution in [1.82, 2.24) is 9.97 Å². The lowest BCUT2D eigenvalue weighted by Gasteiger charge is -2.31. The van der Waals surface area contributed by atoms with Crippen LogP contribution in [0.25, 0.3) is 10.9 Å². The van der Waals surface area contributed by atoms with Crippen molar-refractivity contribution in [3.05, 3.63) is 18.2 Å². The van der Waals surface area contributed by atoms with Crippen molar-refractivity contribution < 1.29 is 9.84 Å². The quantitative estimate of drug-likeness (QED) is 0.807. The highest BCUT2D eigenvalue weighted by Gasteiger charge is 2.19. The monoisotopic (exact) mass is 274 g/mol. The number of nitrogens with zero attached hydrogens (tertiary/aromatic N) is 3. The molecule has 1 aromatic heterocycles. The molecule has 1 aromatic carbocycles. The Hall–Kier alpha value is -2.08. The number of benzene rings is 1. The second kappa shape index (κ2) is 5.50. The van der Waals surface area contributed by atoms with Gasteiger partial charge in [-0.15, -0.1) is 0 Å². The summed E-state index contributed by atoms with van der Waals surface area (Å²) < 4.78 is 5.05. The van der Waals surface area contributed by atoms with Crippen molar-refractivity contribution in [3.8, 4) is 5.75 Å². The van der Waals surface area contributed by atoms with Crippen LogP contribution in [0.3, 0.4) is 0 Å². The molecular weight excluding hydrogens is 256 g/mol. The maximum absolute atomic E-state index is 9.62. The second-order valence-corrected chi connectivity index (χ2v) is 4.83. The zero-order chi connectivity index (χ0) is 13.9. The molecule has 0 amide bonds. The van der Waals surface area contributed by atoms with Gasteiger partial charge < -0.3 is 20.1 Å². The van der Waals surface area contributed by atoms with Crippen LogP contribution in [0.4, 0.5) is 11.8 Å². The number of anilines is 2. The summed E-state index contributed by atoms with van der Waals surface area (Å²) in [4.78, 5) is 11.3. The maximum atomic E-state index is 9.62. The van der Waals surface area contributed by atoms with Gasteiger partial charge in [-0.1, -0.05) is 0 Å². The molecule has 0 unspecified atom stereocenters. The Kier molecular flexibility index (Phi) is 3.56. The van der Waals surface area contributed by atoms with E-state index in [4.69, 9.17) is 4.74 Å². The molecule has 0 atom stereocenters. The minimum absolute atomic E-state index is 0.216. The van der Waals surface area contributed by atoms with Crippen LogP contribution in [0.1, 0.15) is 6.42 Å². The molecule has 0 bridgehead atoms. The van der Waals surface area contributed by atoms with Gasteiger partial charge >= 0.3 is 0 Å². The third kappa shape index (κ3) is 2.46. The first-order valence-corrected chi connectivity index (χ1v) is 6.76. The van der Waals surface area contributed by atoms with Gasteiger partial charge in [-0.2, -0.15) is 4.98 Å². The van der Waals surface area contributed by atoms with E-state index in [2.05, 4.69) is 20.2 Å². The van der Waals surface area contributed by atoms with E-state index in [-0.39, 0.29) is 5.75 Å².